The third-order valence-electron chi connectivity index (χ3n) is 3.16. The smallest absolute Gasteiger partial charge is 0.0129 e. The highest BCUT2D eigenvalue weighted by atomic mass is 14.2. The molecule has 0 N–H and O–H groups in total. The number of hydrogen-bond donors (Lipinski definition) is 0. The number of rotatable bonds is 1. The van der Waals surface area contributed by atoms with E-state index in [0.29, 0.717) is 5.92 Å². The molecule has 15 heavy (non-hydrogen) atoms. The van der Waals surface area contributed by atoms with E-state index in [2.05, 4.69) is 60.6 Å². The lowest BCUT2D eigenvalue weighted by Gasteiger charge is -2.25. The first-order valence-electron chi connectivity index (χ1n) is 5.85. The van der Waals surface area contributed by atoms with Crippen LogP contribution in [0, 0.1) is 13.8 Å². The molecule has 1 aromatic carbocycles. The van der Waals surface area contributed by atoms with Crippen molar-refractivity contribution >= 4 is 0 Å². The Hall–Kier alpha value is -0.780. The largest absolute Gasteiger partial charge is 0.0587 e. The first kappa shape index (κ1) is 12.3. The summed E-state index contributed by atoms with van der Waals surface area (Å²) >= 11 is 0. The second-order valence-electron chi connectivity index (χ2n) is 5.92. The average molecular weight is 204 g/mol. The Labute approximate surface area is 94.7 Å². The molecule has 0 amide bonds. The van der Waals surface area contributed by atoms with Crippen LogP contribution in [0.3, 0.4) is 0 Å². The second kappa shape index (κ2) is 4.00. The SMILES string of the molecule is Cc1cc(C(C)C)cc(C(C)(C)C)c1C. The lowest BCUT2D eigenvalue weighted by molar-refractivity contribution is 0.583. The molecule has 1 rings (SSSR count). The number of aryl methyl sites for hydroxylation is 1. The maximum absolute atomic E-state index is 2.38. The molecule has 0 unspecified atom stereocenters. The molecule has 0 radical (unpaired) electrons. The molecule has 0 heterocycles. The van der Waals surface area contributed by atoms with Gasteiger partial charge in [0.2, 0.25) is 0 Å². The van der Waals surface area contributed by atoms with Crippen LogP contribution in [0.4, 0.5) is 0 Å². The Balaban J connectivity index is 3.38. The minimum atomic E-state index is 0.250. The van der Waals surface area contributed by atoms with Crippen LogP contribution in [-0.4, -0.2) is 0 Å². The van der Waals surface area contributed by atoms with Crippen molar-refractivity contribution < 1.29 is 0 Å². The van der Waals surface area contributed by atoms with Crippen molar-refractivity contribution in [2.24, 2.45) is 0 Å². The van der Waals surface area contributed by atoms with E-state index in [-0.39, 0.29) is 5.41 Å². The fourth-order valence-corrected chi connectivity index (χ4v) is 2.00. The molecule has 0 saturated heterocycles. The Morgan fingerprint density at radius 1 is 1.00 bits per heavy atom. The zero-order chi connectivity index (χ0) is 11.8. The van der Waals surface area contributed by atoms with Crippen LogP contribution < -0.4 is 0 Å². The summed E-state index contributed by atoms with van der Waals surface area (Å²) in [6.07, 6.45) is 0. The molecular formula is C15H24. The molecule has 0 heteroatoms. The molecule has 0 bridgehead atoms. The van der Waals surface area contributed by atoms with Gasteiger partial charge < -0.3 is 0 Å². The predicted molar refractivity (Wildman–Crippen MR) is 68.7 cm³/mol. The summed E-state index contributed by atoms with van der Waals surface area (Å²) in [4.78, 5) is 0. The molecule has 0 atom stereocenters. The van der Waals surface area contributed by atoms with E-state index in [9.17, 15) is 0 Å². The van der Waals surface area contributed by atoms with Gasteiger partial charge in [-0.2, -0.15) is 0 Å². The summed E-state index contributed by atoms with van der Waals surface area (Å²) in [6, 6.07) is 4.71. The van der Waals surface area contributed by atoms with E-state index < -0.39 is 0 Å². The van der Waals surface area contributed by atoms with E-state index in [1.54, 1.807) is 0 Å². The van der Waals surface area contributed by atoms with Crippen molar-refractivity contribution in [2.45, 2.75) is 59.8 Å². The van der Waals surface area contributed by atoms with E-state index in [0.717, 1.165) is 0 Å². The summed E-state index contributed by atoms with van der Waals surface area (Å²) in [6.45, 7) is 15.8. The van der Waals surface area contributed by atoms with Crippen molar-refractivity contribution in [1.29, 1.82) is 0 Å². The highest BCUT2D eigenvalue weighted by molar-refractivity contribution is 5.42. The van der Waals surface area contributed by atoms with Gasteiger partial charge in [0.25, 0.3) is 0 Å². The van der Waals surface area contributed by atoms with Crippen molar-refractivity contribution in [1.82, 2.24) is 0 Å². The van der Waals surface area contributed by atoms with Crippen LogP contribution in [0.2, 0.25) is 0 Å². The van der Waals surface area contributed by atoms with E-state index >= 15 is 0 Å². The van der Waals surface area contributed by atoms with Gasteiger partial charge in [0.05, 0.1) is 0 Å². The standard InChI is InChI=1S/C15H24/c1-10(2)13-8-11(3)12(4)14(9-13)15(5,6)7/h8-10H,1-7H3. The highest BCUT2D eigenvalue weighted by Crippen LogP contribution is 2.30. The Bertz CT molecular complexity index is 351. The zero-order valence-corrected chi connectivity index (χ0v) is 11.2. The van der Waals surface area contributed by atoms with Crippen molar-refractivity contribution in [3.05, 3.63) is 34.4 Å². The summed E-state index contributed by atoms with van der Waals surface area (Å²) < 4.78 is 0. The lowest BCUT2D eigenvalue weighted by atomic mass is 9.80. The Morgan fingerprint density at radius 3 is 1.93 bits per heavy atom. The first-order chi connectivity index (χ1) is 6.73. The molecule has 0 fully saturated rings. The second-order valence-corrected chi connectivity index (χ2v) is 5.92. The van der Waals surface area contributed by atoms with Crippen molar-refractivity contribution in [3.63, 3.8) is 0 Å². The van der Waals surface area contributed by atoms with Gasteiger partial charge >= 0.3 is 0 Å². The highest BCUT2D eigenvalue weighted by Gasteiger charge is 2.18. The fourth-order valence-electron chi connectivity index (χ4n) is 2.00. The molecule has 0 aliphatic rings. The van der Waals surface area contributed by atoms with Gasteiger partial charge in [-0.25, -0.2) is 0 Å². The lowest BCUT2D eigenvalue weighted by Crippen LogP contribution is -2.14. The summed E-state index contributed by atoms with van der Waals surface area (Å²) in [7, 11) is 0. The van der Waals surface area contributed by atoms with Crippen LogP contribution >= 0.6 is 0 Å². The van der Waals surface area contributed by atoms with Gasteiger partial charge in [-0.15, -0.1) is 0 Å². The molecule has 0 aliphatic carbocycles. The van der Waals surface area contributed by atoms with Crippen LogP contribution in [0.5, 0.6) is 0 Å². The van der Waals surface area contributed by atoms with Crippen LogP contribution in [0.15, 0.2) is 12.1 Å². The predicted octanol–water partition coefficient (Wildman–Crippen LogP) is 4.72. The Morgan fingerprint density at radius 2 is 1.53 bits per heavy atom. The van der Waals surface area contributed by atoms with E-state index in [4.69, 9.17) is 0 Å². The van der Waals surface area contributed by atoms with Gasteiger partial charge in [-0.05, 0) is 47.4 Å². The van der Waals surface area contributed by atoms with Crippen LogP contribution in [0.1, 0.15) is 62.8 Å². The third-order valence-corrected chi connectivity index (χ3v) is 3.16. The van der Waals surface area contributed by atoms with E-state index in [1.165, 1.54) is 22.3 Å². The maximum Gasteiger partial charge on any atom is -0.0129 e. The average Bonchev–Trinajstić information content (AvgIpc) is 2.06. The van der Waals surface area contributed by atoms with E-state index in [1.807, 2.05) is 0 Å². The molecular weight excluding hydrogens is 180 g/mol. The minimum Gasteiger partial charge on any atom is -0.0587 e. The van der Waals surface area contributed by atoms with Crippen molar-refractivity contribution in [2.75, 3.05) is 0 Å². The summed E-state index contributed by atoms with van der Waals surface area (Å²) in [5.74, 6) is 0.616. The van der Waals surface area contributed by atoms with Gasteiger partial charge in [-0.1, -0.05) is 46.8 Å². The molecule has 0 nitrogen and oxygen atoms in total. The van der Waals surface area contributed by atoms with Crippen LogP contribution in [-0.2, 0) is 5.41 Å². The fraction of sp³-hybridized carbons (Fsp3) is 0.600. The third kappa shape index (κ3) is 2.62. The van der Waals surface area contributed by atoms with Gasteiger partial charge in [-0.3, -0.25) is 0 Å². The van der Waals surface area contributed by atoms with Gasteiger partial charge in [0.1, 0.15) is 0 Å². The monoisotopic (exact) mass is 204 g/mol. The van der Waals surface area contributed by atoms with Gasteiger partial charge in [0, 0.05) is 0 Å². The molecule has 1 aromatic rings. The minimum absolute atomic E-state index is 0.250. The zero-order valence-electron chi connectivity index (χ0n) is 11.2. The normalized spacial score (nSPS) is 12.3. The quantitative estimate of drug-likeness (QED) is 0.620. The first-order valence-corrected chi connectivity index (χ1v) is 5.85. The molecule has 0 aromatic heterocycles. The number of hydrogen-bond acceptors (Lipinski definition) is 0. The summed E-state index contributed by atoms with van der Waals surface area (Å²) in [5, 5.41) is 0. The topological polar surface area (TPSA) is 0 Å². The molecule has 84 valence electrons. The Kier molecular flexibility index (Phi) is 3.28. The maximum atomic E-state index is 2.38. The molecule has 0 spiro atoms. The summed E-state index contributed by atoms with van der Waals surface area (Å²) in [5.41, 5.74) is 6.08. The van der Waals surface area contributed by atoms with Crippen LogP contribution in [0.25, 0.3) is 0 Å². The molecule has 0 aliphatic heterocycles. The van der Waals surface area contributed by atoms with Gasteiger partial charge in [0.15, 0.2) is 0 Å². The molecule has 0 saturated carbocycles. The van der Waals surface area contributed by atoms with Crippen molar-refractivity contribution in [3.8, 4) is 0 Å². The number of benzene rings is 1.